The maximum absolute atomic E-state index is 10.3. The van der Waals surface area contributed by atoms with Crippen molar-refractivity contribution in [1.82, 2.24) is 0 Å². The molecule has 2 aliphatic carbocycles. The average molecular weight is 236 g/mol. The first-order valence-electron chi connectivity index (χ1n) is 7.28. The molecule has 0 saturated heterocycles. The van der Waals surface area contributed by atoms with Crippen molar-refractivity contribution in [1.29, 1.82) is 0 Å². The fourth-order valence-corrected chi connectivity index (χ4v) is 4.06. The minimum atomic E-state index is 0.393. The summed E-state index contributed by atoms with van der Waals surface area (Å²) < 4.78 is 0. The first kappa shape index (κ1) is 13.0. The zero-order valence-corrected chi connectivity index (χ0v) is 12.1. The molecule has 0 unspecified atom stereocenters. The van der Waals surface area contributed by atoms with E-state index in [1.165, 1.54) is 24.8 Å². The van der Waals surface area contributed by atoms with E-state index in [0.29, 0.717) is 29.1 Å². The highest BCUT2D eigenvalue weighted by Crippen LogP contribution is 2.56. The average Bonchev–Trinajstić information content (AvgIpc) is 2.22. The lowest BCUT2D eigenvalue weighted by Gasteiger charge is -2.51. The minimum absolute atomic E-state index is 0.393. The Balaban J connectivity index is 2.41. The van der Waals surface area contributed by atoms with Crippen molar-refractivity contribution < 1.29 is 5.11 Å². The number of allylic oxidation sites excluding steroid dienone is 2. The van der Waals surface area contributed by atoms with Gasteiger partial charge in [0.2, 0.25) is 0 Å². The molecule has 1 N–H and O–H groups in total. The second-order valence-electron chi connectivity index (χ2n) is 7.10. The van der Waals surface area contributed by atoms with Crippen LogP contribution in [0.5, 0.6) is 0 Å². The Kier molecular flexibility index (Phi) is 3.31. The number of fused-ring (bicyclic) bond motifs is 1. The summed E-state index contributed by atoms with van der Waals surface area (Å²) in [6.45, 7) is 11.7. The Morgan fingerprint density at radius 2 is 1.94 bits per heavy atom. The van der Waals surface area contributed by atoms with Crippen LogP contribution in [0.25, 0.3) is 0 Å². The summed E-state index contributed by atoms with van der Waals surface area (Å²) in [6.07, 6.45) is 4.75. The summed E-state index contributed by atoms with van der Waals surface area (Å²) in [6, 6.07) is 0. The first-order chi connectivity index (χ1) is 7.86. The van der Waals surface area contributed by atoms with E-state index in [-0.39, 0.29) is 0 Å². The van der Waals surface area contributed by atoms with Gasteiger partial charge in [-0.15, -0.1) is 0 Å². The summed E-state index contributed by atoms with van der Waals surface area (Å²) in [5.74, 6) is 3.29. The molecule has 0 amide bonds. The highest BCUT2D eigenvalue weighted by atomic mass is 16.3. The molecule has 17 heavy (non-hydrogen) atoms. The molecule has 2 aliphatic rings. The highest BCUT2D eigenvalue weighted by molar-refractivity contribution is 5.24. The first-order valence-corrected chi connectivity index (χ1v) is 7.28. The molecule has 1 fully saturated rings. The molecular weight excluding hydrogens is 208 g/mol. The molecule has 0 heterocycles. The van der Waals surface area contributed by atoms with Gasteiger partial charge < -0.3 is 5.11 Å². The lowest BCUT2D eigenvalue weighted by molar-refractivity contribution is 0.0501. The van der Waals surface area contributed by atoms with Gasteiger partial charge in [-0.05, 0) is 53.9 Å². The van der Waals surface area contributed by atoms with E-state index in [0.717, 1.165) is 12.2 Å². The number of aliphatic hydroxyl groups is 1. The second-order valence-corrected chi connectivity index (χ2v) is 7.10. The topological polar surface area (TPSA) is 20.2 Å². The van der Waals surface area contributed by atoms with E-state index in [4.69, 9.17) is 0 Å². The molecule has 4 atom stereocenters. The van der Waals surface area contributed by atoms with Crippen LogP contribution in [0.3, 0.4) is 0 Å². The Labute approximate surface area is 106 Å². The van der Waals surface area contributed by atoms with E-state index in [1.54, 1.807) is 0 Å². The smallest absolute Gasteiger partial charge is 0.0922 e. The van der Waals surface area contributed by atoms with Gasteiger partial charge in [-0.2, -0.15) is 0 Å². The number of rotatable bonds is 1. The molecule has 2 rings (SSSR count). The number of hydrogen-bond acceptors (Lipinski definition) is 1. The summed E-state index contributed by atoms with van der Waals surface area (Å²) in [4.78, 5) is 0. The largest absolute Gasteiger partial charge is 0.512 e. The zero-order valence-electron chi connectivity index (χ0n) is 12.1. The van der Waals surface area contributed by atoms with Gasteiger partial charge in [-0.25, -0.2) is 0 Å². The molecule has 0 spiro atoms. The lowest BCUT2D eigenvalue weighted by atomic mass is 9.54. The van der Waals surface area contributed by atoms with Crippen LogP contribution in [0.15, 0.2) is 11.3 Å². The molecule has 98 valence electrons. The summed E-state index contributed by atoms with van der Waals surface area (Å²) in [7, 11) is 0. The normalized spacial score (nSPS) is 42.8. The van der Waals surface area contributed by atoms with Crippen molar-refractivity contribution in [3.8, 4) is 0 Å². The SMILES string of the molecule is CC(C)[C@]1(C)CC[C@H](C)C2=C(O)C[C@H](C)C[C@H]21. The second kappa shape index (κ2) is 4.33. The van der Waals surface area contributed by atoms with E-state index in [2.05, 4.69) is 34.6 Å². The maximum atomic E-state index is 10.3. The van der Waals surface area contributed by atoms with Gasteiger partial charge in [0, 0.05) is 6.42 Å². The van der Waals surface area contributed by atoms with Crippen LogP contribution in [-0.4, -0.2) is 5.11 Å². The molecule has 1 heteroatoms. The third-order valence-corrected chi connectivity index (χ3v) is 5.65. The molecule has 1 nitrogen and oxygen atoms in total. The molecule has 0 bridgehead atoms. The fraction of sp³-hybridized carbons (Fsp3) is 0.875. The molecule has 1 saturated carbocycles. The highest BCUT2D eigenvalue weighted by Gasteiger charge is 2.46. The molecular formula is C16H28O. The van der Waals surface area contributed by atoms with Gasteiger partial charge in [0.05, 0.1) is 5.76 Å². The molecule has 0 radical (unpaired) electrons. The molecule has 0 aromatic carbocycles. The predicted octanol–water partition coefficient (Wildman–Crippen LogP) is 4.94. The van der Waals surface area contributed by atoms with Crippen molar-refractivity contribution in [3.63, 3.8) is 0 Å². The Hall–Kier alpha value is -0.460. The Morgan fingerprint density at radius 1 is 1.29 bits per heavy atom. The third-order valence-electron chi connectivity index (χ3n) is 5.65. The minimum Gasteiger partial charge on any atom is -0.512 e. The lowest BCUT2D eigenvalue weighted by Crippen LogP contribution is -2.42. The monoisotopic (exact) mass is 236 g/mol. The summed E-state index contributed by atoms with van der Waals surface area (Å²) in [5.41, 5.74) is 1.80. The molecule has 0 aromatic heterocycles. The van der Waals surface area contributed by atoms with Crippen molar-refractivity contribution in [2.45, 2.75) is 60.3 Å². The Bertz CT molecular complexity index is 328. The number of hydrogen-bond donors (Lipinski definition) is 1. The predicted molar refractivity (Wildman–Crippen MR) is 72.9 cm³/mol. The van der Waals surface area contributed by atoms with E-state index >= 15 is 0 Å². The molecule has 0 aliphatic heterocycles. The Morgan fingerprint density at radius 3 is 2.53 bits per heavy atom. The zero-order chi connectivity index (χ0) is 12.8. The van der Waals surface area contributed by atoms with Gasteiger partial charge >= 0.3 is 0 Å². The van der Waals surface area contributed by atoms with Crippen molar-refractivity contribution in [3.05, 3.63) is 11.3 Å². The van der Waals surface area contributed by atoms with E-state index in [1.807, 2.05) is 0 Å². The van der Waals surface area contributed by atoms with Gasteiger partial charge in [0.15, 0.2) is 0 Å². The van der Waals surface area contributed by atoms with Gasteiger partial charge in [-0.3, -0.25) is 0 Å². The van der Waals surface area contributed by atoms with Crippen LogP contribution in [0, 0.1) is 29.1 Å². The fourth-order valence-electron chi connectivity index (χ4n) is 4.06. The maximum Gasteiger partial charge on any atom is 0.0922 e. The summed E-state index contributed by atoms with van der Waals surface area (Å²) in [5, 5.41) is 10.3. The van der Waals surface area contributed by atoms with Gasteiger partial charge in [-0.1, -0.05) is 34.6 Å². The van der Waals surface area contributed by atoms with Crippen molar-refractivity contribution in [2.24, 2.45) is 29.1 Å². The summed E-state index contributed by atoms with van der Waals surface area (Å²) >= 11 is 0. The van der Waals surface area contributed by atoms with Gasteiger partial charge in [0.25, 0.3) is 0 Å². The van der Waals surface area contributed by atoms with Crippen LogP contribution in [0.2, 0.25) is 0 Å². The van der Waals surface area contributed by atoms with Crippen LogP contribution < -0.4 is 0 Å². The van der Waals surface area contributed by atoms with Gasteiger partial charge in [0.1, 0.15) is 0 Å². The van der Waals surface area contributed by atoms with Crippen LogP contribution in [-0.2, 0) is 0 Å². The quantitative estimate of drug-likeness (QED) is 0.684. The van der Waals surface area contributed by atoms with Crippen LogP contribution in [0.1, 0.15) is 60.3 Å². The van der Waals surface area contributed by atoms with Crippen molar-refractivity contribution in [2.75, 3.05) is 0 Å². The van der Waals surface area contributed by atoms with Crippen LogP contribution in [0.4, 0.5) is 0 Å². The van der Waals surface area contributed by atoms with Crippen molar-refractivity contribution >= 4 is 0 Å². The van der Waals surface area contributed by atoms with Crippen LogP contribution >= 0.6 is 0 Å². The number of aliphatic hydroxyl groups excluding tert-OH is 1. The van der Waals surface area contributed by atoms with E-state index in [9.17, 15) is 5.11 Å². The van der Waals surface area contributed by atoms with E-state index < -0.39 is 0 Å². The standard InChI is InChI=1S/C16H28O/c1-10(2)16(5)7-6-12(4)15-13(16)8-11(3)9-14(15)17/h10-13,17H,6-9H2,1-5H3/t11-,12+,13-,16+/m1/s1. The third kappa shape index (κ3) is 2.02. The molecule has 0 aromatic rings.